The lowest BCUT2D eigenvalue weighted by atomic mass is 9.81. The van der Waals surface area contributed by atoms with Crippen molar-refractivity contribution >= 4 is 18.5 Å². The maximum absolute atomic E-state index is 11.2. The highest BCUT2D eigenvalue weighted by Gasteiger charge is 2.18. The summed E-state index contributed by atoms with van der Waals surface area (Å²) in [6.45, 7) is 3.19. The van der Waals surface area contributed by atoms with Crippen LogP contribution in [0.25, 0.3) is 0 Å². The number of hydrogen-bond donors (Lipinski definition) is 2. The molecule has 2 unspecified atom stereocenters. The van der Waals surface area contributed by atoms with Crippen molar-refractivity contribution in [3.8, 4) is 0 Å². The molecule has 0 aromatic carbocycles. The quantitative estimate of drug-likeness (QED) is 0.697. The molecule has 1 rings (SSSR count). The lowest BCUT2D eigenvalue weighted by Gasteiger charge is -2.26. The number of amides is 1. The van der Waals surface area contributed by atoms with Crippen molar-refractivity contribution in [2.75, 3.05) is 12.3 Å². The zero-order valence-corrected chi connectivity index (χ0v) is 10.6. The Kier molecular flexibility index (Phi) is 6.15. The zero-order valence-electron chi connectivity index (χ0n) is 9.67. The molecular formula is C12H23NOS. The average molecular weight is 229 g/mol. The molecule has 0 aliphatic heterocycles. The maximum atomic E-state index is 11.2. The van der Waals surface area contributed by atoms with E-state index in [1.54, 1.807) is 0 Å². The van der Waals surface area contributed by atoms with Crippen LogP contribution in [0.3, 0.4) is 0 Å². The molecular weight excluding hydrogens is 206 g/mol. The molecule has 0 radical (unpaired) electrons. The van der Waals surface area contributed by atoms with Crippen LogP contribution < -0.4 is 5.32 Å². The van der Waals surface area contributed by atoms with Gasteiger partial charge in [-0.3, -0.25) is 4.79 Å². The van der Waals surface area contributed by atoms with Gasteiger partial charge in [-0.25, -0.2) is 0 Å². The normalized spacial score (nSPS) is 26.3. The Morgan fingerprint density at radius 3 is 2.93 bits per heavy atom. The van der Waals surface area contributed by atoms with Crippen molar-refractivity contribution in [1.29, 1.82) is 0 Å². The molecule has 1 amide bonds. The molecule has 0 spiro atoms. The highest BCUT2D eigenvalue weighted by atomic mass is 32.1. The Morgan fingerprint density at radius 1 is 1.47 bits per heavy atom. The molecule has 2 atom stereocenters. The average Bonchev–Trinajstić information content (AvgIpc) is 2.18. The first-order valence-electron chi connectivity index (χ1n) is 6.10. The maximum Gasteiger partial charge on any atom is 0.220 e. The van der Waals surface area contributed by atoms with Gasteiger partial charge in [-0.2, -0.15) is 12.6 Å². The van der Waals surface area contributed by atoms with E-state index in [-0.39, 0.29) is 5.91 Å². The summed E-state index contributed by atoms with van der Waals surface area (Å²) in [5.41, 5.74) is 0. The van der Waals surface area contributed by atoms with Crippen LogP contribution in [0, 0.1) is 11.8 Å². The lowest BCUT2D eigenvalue weighted by Crippen LogP contribution is -2.27. The smallest absolute Gasteiger partial charge is 0.220 e. The molecule has 0 bridgehead atoms. The van der Waals surface area contributed by atoms with Gasteiger partial charge in [0, 0.05) is 13.0 Å². The number of hydrogen-bond acceptors (Lipinski definition) is 2. The van der Waals surface area contributed by atoms with Gasteiger partial charge in [0.05, 0.1) is 0 Å². The minimum Gasteiger partial charge on any atom is -0.356 e. The first-order valence-corrected chi connectivity index (χ1v) is 6.73. The third-order valence-corrected chi connectivity index (χ3v) is 3.48. The molecule has 88 valence electrons. The van der Waals surface area contributed by atoms with Gasteiger partial charge in [-0.15, -0.1) is 0 Å². The van der Waals surface area contributed by atoms with E-state index in [1.807, 2.05) is 0 Å². The molecule has 15 heavy (non-hydrogen) atoms. The predicted octanol–water partition coefficient (Wildman–Crippen LogP) is 2.64. The minimum atomic E-state index is 0.147. The van der Waals surface area contributed by atoms with Crippen molar-refractivity contribution in [3.63, 3.8) is 0 Å². The second-order valence-corrected chi connectivity index (χ2v) is 5.20. The van der Waals surface area contributed by atoms with E-state index >= 15 is 0 Å². The second-order valence-electron chi connectivity index (χ2n) is 4.75. The van der Waals surface area contributed by atoms with Crippen molar-refractivity contribution in [1.82, 2.24) is 5.32 Å². The summed E-state index contributed by atoms with van der Waals surface area (Å²) in [6, 6.07) is 0. The van der Waals surface area contributed by atoms with E-state index in [2.05, 4.69) is 24.9 Å². The van der Waals surface area contributed by atoms with E-state index in [9.17, 15) is 4.79 Å². The minimum absolute atomic E-state index is 0.147. The van der Waals surface area contributed by atoms with Crippen molar-refractivity contribution in [2.24, 2.45) is 11.8 Å². The van der Waals surface area contributed by atoms with Gasteiger partial charge in [0.15, 0.2) is 0 Å². The van der Waals surface area contributed by atoms with Crippen molar-refractivity contribution in [3.05, 3.63) is 0 Å². The monoisotopic (exact) mass is 229 g/mol. The highest BCUT2D eigenvalue weighted by Crippen LogP contribution is 2.30. The number of thiol groups is 1. The Hall–Kier alpha value is -0.180. The third-order valence-electron chi connectivity index (χ3n) is 3.26. The van der Waals surface area contributed by atoms with E-state index in [0.29, 0.717) is 12.2 Å². The Balaban J connectivity index is 2.06. The van der Waals surface area contributed by atoms with Gasteiger partial charge in [-0.1, -0.05) is 26.2 Å². The summed E-state index contributed by atoms with van der Waals surface area (Å²) in [5.74, 6) is 2.52. The molecule has 0 aromatic rings. The van der Waals surface area contributed by atoms with E-state index in [1.165, 1.54) is 25.7 Å². The number of nitrogens with one attached hydrogen (secondary N) is 1. The fraction of sp³-hybridized carbons (Fsp3) is 0.917. The van der Waals surface area contributed by atoms with Crippen LogP contribution in [0.15, 0.2) is 0 Å². The molecule has 1 fully saturated rings. The standard InChI is InChI=1S/C12H23NOS/c1-10-3-2-4-11(9-10)5-7-13-12(14)6-8-15/h10-11,15H,2-9H2,1H3,(H,13,14). The largest absolute Gasteiger partial charge is 0.356 e. The van der Waals surface area contributed by atoms with Crippen LogP contribution in [-0.2, 0) is 4.79 Å². The van der Waals surface area contributed by atoms with Crippen LogP contribution in [0.5, 0.6) is 0 Å². The first kappa shape index (κ1) is 12.9. The molecule has 0 aromatic heterocycles. The lowest BCUT2D eigenvalue weighted by molar-refractivity contribution is -0.120. The fourth-order valence-corrected chi connectivity index (χ4v) is 2.63. The van der Waals surface area contributed by atoms with Crippen LogP contribution in [-0.4, -0.2) is 18.2 Å². The molecule has 1 saturated carbocycles. The van der Waals surface area contributed by atoms with Gasteiger partial charge >= 0.3 is 0 Å². The van der Waals surface area contributed by atoms with E-state index < -0.39 is 0 Å². The third kappa shape index (κ3) is 5.45. The predicted molar refractivity (Wildman–Crippen MR) is 67.2 cm³/mol. The van der Waals surface area contributed by atoms with Gasteiger partial charge in [0.1, 0.15) is 0 Å². The highest BCUT2D eigenvalue weighted by molar-refractivity contribution is 7.80. The van der Waals surface area contributed by atoms with Gasteiger partial charge < -0.3 is 5.32 Å². The van der Waals surface area contributed by atoms with Crippen LogP contribution in [0.4, 0.5) is 0 Å². The number of rotatable bonds is 5. The van der Waals surface area contributed by atoms with Crippen LogP contribution >= 0.6 is 12.6 Å². The zero-order chi connectivity index (χ0) is 11.1. The van der Waals surface area contributed by atoms with Gasteiger partial charge in [0.2, 0.25) is 5.91 Å². The summed E-state index contributed by atoms with van der Waals surface area (Å²) in [4.78, 5) is 11.2. The Labute approximate surface area is 98.6 Å². The molecule has 1 aliphatic carbocycles. The molecule has 3 heteroatoms. The summed E-state index contributed by atoms with van der Waals surface area (Å²) in [7, 11) is 0. The topological polar surface area (TPSA) is 29.1 Å². The molecule has 0 heterocycles. The molecule has 0 saturated heterocycles. The van der Waals surface area contributed by atoms with Crippen LogP contribution in [0.1, 0.15) is 45.4 Å². The van der Waals surface area contributed by atoms with Gasteiger partial charge in [-0.05, 0) is 30.4 Å². The second kappa shape index (κ2) is 7.15. The van der Waals surface area contributed by atoms with Gasteiger partial charge in [0.25, 0.3) is 0 Å². The Morgan fingerprint density at radius 2 is 2.27 bits per heavy atom. The summed E-state index contributed by atoms with van der Waals surface area (Å²) >= 11 is 4.03. The SMILES string of the molecule is CC1CCCC(CCNC(=O)CCS)C1. The number of carbonyl (C=O) groups is 1. The molecule has 1 aliphatic rings. The van der Waals surface area contributed by atoms with Crippen molar-refractivity contribution in [2.45, 2.75) is 45.4 Å². The summed E-state index contributed by atoms with van der Waals surface area (Å²) < 4.78 is 0. The summed E-state index contributed by atoms with van der Waals surface area (Å²) in [6.07, 6.45) is 7.17. The summed E-state index contributed by atoms with van der Waals surface area (Å²) in [5, 5.41) is 2.96. The molecule has 1 N–H and O–H groups in total. The first-order chi connectivity index (χ1) is 7.22. The van der Waals surface area contributed by atoms with Crippen molar-refractivity contribution < 1.29 is 4.79 Å². The van der Waals surface area contributed by atoms with E-state index in [0.717, 1.165) is 24.8 Å². The fourth-order valence-electron chi connectivity index (χ4n) is 2.43. The number of carbonyl (C=O) groups excluding carboxylic acids is 1. The molecule has 2 nitrogen and oxygen atoms in total. The van der Waals surface area contributed by atoms with E-state index in [4.69, 9.17) is 0 Å². The Bertz CT molecular complexity index is 196. The van der Waals surface area contributed by atoms with Crippen LogP contribution in [0.2, 0.25) is 0 Å².